The summed E-state index contributed by atoms with van der Waals surface area (Å²) in [5.41, 5.74) is 1.32. The minimum Gasteiger partial charge on any atom is -0.368 e. The number of piperidine rings is 1. The van der Waals surface area contributed by atoms with Crippen LogP contribution < -0.4 is 10.6 Å². The molecule has 94 valence electrons. The molecule has 1 fully saturated rings. The summed E-state index contributed by atoms with van der Waals surface area (Å²) in [5, 5.41) is 6.94. The maximum absolute atomic E-state index is 4.49. The summed E-state index contributed by atoms with van der Waals surface area (Å²) in [5.74, 6) is 0.985. The molecule has 0 aliphatic carbocycles. The second-order valence-electron chi connectivity index (χ2n) is 4.93. The van der Waals surface area contributed by atoms with Crippen molar-refractivity contribution in [1.29, 1.82) is 0 Å². The van der Waals surface area contributed by atoms with E-state index in [9.17, 15) is 0 Å². The van der Waals surface area contributed by atoms with Gasteiger partial charge in [0.15, 0.2) is 0 Å². The Bertz CT molecular complexity index is 328. The molecule has 0 saturated carbocycles. The zero-order valence-electron chi connectivity index (χ0n) is 10.9. The van der Waals surface area contributed by atoms with Crippen LogP contribution in [0, 0.1) is 0 Å². The molecule has 1 aromatic rings. The highest BCUT2D eigenvalue weighted by Gasteiger charge is 2.14. The molecule has 17 heavy (non-hydrogen) atoms. The minimum atomic E-state index is 0.487. The number of hydrogen-bond acceptors (Lipinski definition) is 3. The van der Waals surface area contributed by atoms with E-state index in [2.05, 4.69) is 41.6 Å². The lowest BCUT2D eigenvalue weighted by molar-refractivity contribution is 0.411. The minimum absolute atomic E-state index is 0.487. The second-order valence-corrected chi connectivity index (χ2v) is 4.93. The quantitative estimate of drug-likeness (QED) is 0.839. The first-order valence-electron chi connectivity index (χ1n) is 6.75. The molecule has 1 aliphatic rings. The average Bonchev–Trinajstić information content (AvgIpc) is 2.40. The number of rotatable bonds is 4. The highest BCUT2D eigenvalue weighted by molar-refractivity contribution is 5.37. The number of aromatic nitrogens is 1. The molecule has 0 radical (unpaired) electrons. The van der Waals surface area contributed by atoms with Crippen LogP contribution in [0.2, 0.25) is 0 Å². The number of nitrogens with one attached hydrogen (secondary N) is 2. The van der Waals surface area contributed by atoms with Crippen molar-refractivity contribution in [2.45, 2.75) is 51.6 Å². The van der Waals surface area contributed by atoms with Gasteiger partial charge in [-0.05, 0) is 44.4 Å². The van der Waals surface area contributed by atoms with Crippen LogP contribution in [-0.4, -0.2) is 17.6 Å². The monoisotopic (exact) mass is 233 g/mol. The van der Waals surface area contributed by atoms with Crippen molar-refractivity contribution in [3.05, 3.63) is 23.9 Å². The van der Waals surface area contributed by atoms with Gasteiger partial charge in [-0.2, -0.15) is 0 Å². The van der Waals surface area contributed by atoms with E-state index in [1.807, 2.05) is 6.20 Å². The number of hydrogen-bond donors (Lipinski definition) is 2. The van der Waals surface area contributed by atoms with Crippen LogP contribution in [0.1, 0.15) is 51.1 Å². The molecular weight excluding hydrogens is 210 g/mol. The Balaban J connectivity index is 1.97. The molecule has 2 rings (SSSR count). The van der Waals surface area contributed by atoms with Crippen LogP contribution in [0.5, 0.6) is 0 Å². The van der Waals surface area contributed by atoms with Gasteiger partial charge in [0.2, 0.25) is 0 Å². The van der Waals surface area contributed by atoms with Gasteiger partial charge in [0, 0.05) is 18.3 Å². The van der Waals surface area contributed by atoms with E-state index in [4.69, 9.17) is 0 Å². The number of nitrogens with zero attached hydrogens (tertiary/aromatic N) is 1. The second kappa shape index (κ2) is 6.01. The van der Waals surface area contributed by atoms with E-state index in [0.29, 0.717) is 12.1 Å². The zero-order valence-corrected chi connectivity index (χ0v) is 10.9. The van der Waals surface area contributed by atoms with Gasteiger partial charge in [-0.1, -0.05) is 19.4 Å². The Morgan fingerprint density at radius 2 is 2.35 bits per heavy atom. The third kappa shape index (κ3) is 3.43. The third-order valence-electron chi connectivity index (χ3n) is 3.51. The predicted octanol–water partition coefficient (Wildman–Crippen LogP) is 3.11. The van der Waals surface area contributed by atoms with E-state index in [1.54, 1.807) is 0 Å². The van der Waals surface area contributed by atoms with E-state index >= 15 is 0 Å². The molecule has 1 aliphatic heterocycles. The summed E-state index contributed by atoms with van der Waals surface area (Å²) in [7, 11) is 0. The van der Waals surface area contributed by atoms with Gasteiger partial charge in [-0.3, -0.25) is 0 Å². The van der Waals surface area contributed by atoms with Gasteiger partial charge in [0.05, 0.1) is 0 Å². The van der Waals surface area contributed by atoms with Crippen LogP contribution in [0.15, 0.2) is 18.3 Å². The van der Waals surface area contributed by atoms with Crippen molar-refractivity contribution >= 4 is 5.82 Å². The van der Waals surface area contributed by atoms with Gasteiger partial charge in [-0.15, -0.1) is 0 Å². The average molecular weight is 233 g/mol. The molecule has 2 atom stereocenters. The van der Waals surface area contributed by atoms with Gasteiger partial charge in [0.1, 0.15) is 5.82 Å². The van der Waals surface area contributed by atoms with E-state index in [0.717, 1.165) is 18.8 Å². The molecule has 0 unspecified atom stereocenters. The standard InChI is InChI=1S/C14H23N3/c1-3-11(2)17-14-8-7-12(10-16-14)13-6-4-5-9-15-13/h7-8,10-11,13,15H,3-6,9H2,1-2H3,(H,16,17)/t11-,13-/m1/s1. The Morgan fingerprint density at radius 1 is 1.47 bits per heavy atom. The summed E-state index contributed by atoms with van der Waals surface area (Å²) >= 11 is 0. The Hall–Kier alpha value is -1.09. The Kier molecular flexibility index (Phi) is 4.37. The fourth-order valence-electron chi connectivity index (χ4n) is 2.19. The van der Waals surface area contributed by atoms with Gasteiger partial charge >= 0.3 is 0 Å². The molecule has 1 saturated heterocycles. The predicted molar refractivity (Wildman–Crippen MR) is 72.2 cm³/mol. The van der Waals surface area contributed by atoms with Crippen molar-refractivity contribution < 1.29 is 0 Å². The summed E-state index contributed by atoms with van der Waals surface area (Å²) < 4.78 is 0. The fraction of sp³-hybridized carbons (Fsp3) is 0.643. The van der Waals surface area contributed by atoms with Gasteiger partial charge < -0.3 is 10.6 Å². The van der Waals surface area contributed by atoms with Crippen LogP contribution in [0.4, 0.5) is 5.82 Å². The number of anilines is 1. The first-order chi connectivity index (χ1) is 8.29. The largest absolute Gasteiger partial charge is 0.368 e. The van der Waals surface area contributed by atoms with Crippen LogP contribution in [-0.2, 0) is 0 Å². The Morgan fingerprint density at radius 3 is 2.94 bits per heavy atom. The van der Waals surface area contributed by atoms with Crippen LogP contribution in [0.3, 0.4) is 0 Å². The first kappa shape index (κ1) is 12.4. The van der Waals surface area contributed by atoms with Crippen molar-refractivity contribution in [3.8, 4) is 0 Å². The molecule has 3 heteroatoms. The van der Waals surface area contributed by atoms with Crippen LogP contribution in [0.25, 0.3) is 0 Å². The van der Waals surface area contributed by atoms with Gasteiger partial charge in [0.25, 0.3) is 0 Å². The van der Waals surface area contributed by atoms with Crippen molar-refractivity contribution in [2.24, 2.45) is 0 Å². The molecule has 2 N–H and O–H groups in total. The molecule has 0 aromatic carbocycles. The summed E-state index contributed by atoms with van der Waals surface area (Å²) in [4.78, 5) is 4.49. The van der Waals surface area contributed by atoms with E-state index in [-0.39, 0.29) is 0 Å². The van der Waals surface area contributed by atoms with E-state index in [1.165, 1.54) is 24.8 Å². The summed E-state index contributed by atoms with van der Waals surface area (Å²) in [6.07, 6.45) is 6.99. The van der Waals surface area contributed by atoms with Crippen molar-refractivity contribution in [1.82, 2.24) is 10.3 Å². The smallest absolute Gasteiger partial charge is 0.126 e. The lowest BCUT2D eigenvalue weighted by Gasteiger charge is -2.23. The maximum Gasteiger partial charge on any atom is 0.126 e. The lowest BCUT2D eigenvalue weighted by Crippen LogP contribution is -2.26. The summed E-state index contributed by atoms with van der Waals surface area (Å²) in [6, 6.07) is 5.29. The Labute approximate surface area is 104 Å². The fourth-order valence-corrected chi connectivity index (χ4v) is 2.19. The molecule has 2 heterocycles. The molecule has 1 aromatic heterocycles. The first-order valence-corrected chi connectivity index (χ1v) is 6.75. The SMILES string of the molecule is CC[C@@H](C)Nc1ccc([C@H]2CCCCN2)cn1. The van der Waals surface area contributed by atoms with Crippen molar-refractivity contribution in [2.75, 3.05) is 11.9 Å². The van der Waals surface area contributed by atoms with Gasteiger partial charge in [-0.25, -0.2) is 4.98 Å². The normalized spacial score (nSPS) is 22.1. The highest BCUT2D eigenvalue weighted by Crippen LogP contribution is 2.22. The third-order valence-corrected chi connectivity index (χ3v) is 3.51. The lowest BCUT2D eigenvalue weighted by atomic mass is 9.99. The number of pyridine rings is 1. The zero-order chi connectivity index (χ0) is 12.1. The topological polar surface area (TPSA) is 37.0 Å². The maximum atomic E-state index is 4.49. The molecule has 0 spiro atoms. The molecule has 0 amide bonds. The van der Waals surface area contributed by atoms with Crippen molar-refractivity contribution in [3.63, 3.8) is 0 Å². The summed E-state index contributed by atoms with van der Waals surface area (Å²) in [6.45, 7) is 5.49. The van der Waals surface area contributed by atoms with E-state index < -0.39 is 0 Å². The molecule has 3 nitrogen and oxygen atoms in total. The molecule has 0 bridgehead atoms. The van der Waals surface area contributed by atoms with Crippen LogP contribution >= 0.6 is 0 Å². The highest BCUT2D eigenvalue weighted by atomic mass is 15.0. The molecular formula is C14H23N3.